The maximum atomic E-state index is 13.5. The van der Waals surface area contributed by atoms with Gasteiger partial charge in [0.1, 0.15) is 0 Å². The first-order valence-electron chi connectivity index (χ1n) is 13.1. The summed E-state index contributed by atoms with van der Waals surface area (Å²) >= 11 is 0. The van der Waals surface area contributed by atoms with Gasteiger partial charge in [0.15, 0.2) is 0 Å². The number of amides is 1. The van der Waals surface area contributed by atoms with Crippen molar-refractivity contribution in [3.63, 3.8) is 0 Å². The van der Waals surface area contributed by atoms with Crippen LogP contribution in [-0.2, 0) is 31.3 Å². The van der Waals surface area contributed by atoms with Crippen molar-refractivity contribution in [3.05, 3.63) is 59.7 Å². The van der Waals surface area contributed by atoms with E-state index in [9.17, 15) is 21.6 Å². The van der Waals surface area contributed by atoms with Crippen molar-refractivity contribution in [2.45, 2.75) is 74.1 Å². The van der Waals surface area contributed by atoms with Gasteiger partial charge in [0.25, 0.3) is 0 Å². The number of carbonyl (C=O) groups is 1. The Morgan fingerprint density at radius 3 is 2.08 bits per heavy atom. The fraction of sp³-hybridized carbons (Fsp3) is 0.519. The summed E-state index contributed by atoms with van der Waals surface area (Å²) in [6, 6.07) is 13.3. The first kappa shape index (κ1) is 27.8. The van der Waals surface area contributed by atoms with Gasteiger partial charge in [0, 0.05) is 25.7 Å². The van der Waals surface area contributed by atoms with E-state index >= 15 is 0 Å². The van der Waals surface area contributed by atoms with Crippen LogP contribution in [0, 0.1) is 6.92 Å². The number of benzene rings is 2. The van der Waals surface area contributed by atoms with Crippen molar-refractivity contribution in [2.75, 3.05) is 26.2 Å². The van der Waals surface area contributed by atoms with E-state index in [1.54, 1.807) is 48.5 Å². The molecule has 2 fully saturated rings. The molecule has 1 N–H and O–H groups in total. The van der Waals surface area contributed by atoms with Gasteiger partial charge in [0.2, 0.25) is 26.0 Å². The average molecular weight is 548 g/mol. The van der Waals surface area contributed by atoms with Gasteiger partial charge >= 0.3 is 0 Å². The maximum Gasteiger partial charge on any atom is 0.243 e. The highest BCUT2D eigenvalue weighted by Crippen LogP contribution is 2.28. The van der Waals surface area contributed by atoms with E-state index < -0.39 is 20.0 Å². The molecule has 0 bridgehead atoms. The number of hydrogen-bond acceptors (Lipinski definition) is 5. The van der Waals surface area contributed by atoms with Crippen LogP contribution >= 0.6 is 0 Å². The minimum absolute atomic E-state index is 0.184. The minimum atomic E-state index is -3.80. The fourth-order valence-corrected chi connectivity index (χ4v) is 8.23. The lowest BCUT2D eigenvalue weighted by atomic mass is 9.95. The Balaban J connectivity index is 1.36. The van der Waals surface area contributed by atoms with Crippen LogP contribution in [0.1, 0.15) is 56.1 Å². The largest absolute Gasteiger partial charge is 0.355 e. The monoisotopic (exact) mass is 547 g/mol. The van der Waals surface area contributed by atoms with Crippen LogP contribution in [0.2, 0.25) is 0 Å². The number of sulfonamides is 2. The van der Waals surface area contributed by atoms with Crippen molar-refractivity contribution in [3.8, 4) is 0 Å². The number of hydrogen-bond donors (Lipinski definition) is 1. The van der Waals surface area contributed by atoms with Crippen molar-refractivity contribution in [1.29, 1.82) is 0 Å². The number of aryl methyl sites for hydroxylation is 1. The number of nitrogens with zero attached hydrogens (tertiary/aromatic N) is 2. The summed E-state index contributed by atoms with van der Waals surface area (Å²) in [5.74, 6) is -0.338. The van der Waals surface area contributed by atoms with Gasteiger partial charge in [-0.05, 0) is 68.9 Å². The molecule has 0 aromatic heterocycles. The van der Waals surface area contributed by atoms with Crippen molar-refractivity contribution >= 4 is 26.0 Å². The Morgan fingerprint density at radius 1 is 0.865 bits per heavy atom. The van der Waals surface area contributed by atoms with E-state index in [1.165, 1.54) is 8.61 Å². The van der Waals surface area contributed by atoms with E-state index in [0.717, 1.165) is 56.1 Å². The SMILES string of the molecule is Cc1ccc(S(=O)(=O)N(CC(=O)NCCc2ccc(S(=O)(=O)N3CCCC3)cc2)C2CCCCC2)cc1. The van der Waals surface area contributed by atoms with Gasteiger partial charge in [-0.2, -0.15) is 8.61 Å². The standard InChI is InChI=1S/C27H37N3O5S2/c1-22-9-13-26(14-10-22)37(34,35)30(24-7-3-2-4-8-24)21-27(31)28-18-17-23-11-15-25(16-12-23)36(32,33)29-19-5-6-20-29/h9-16,24H,2-8,17-21H2,1H3,(H,28,31). The van der Waals surface area contributed by atoms with Crippen LogP contribution in [0.4, 0.5) is 0 Å². The highest BCUT2D eigenvalue weighted by molar-refractivity contribution is 7.89. The molecule has 1 heterocycles. The fourth-order valence-electron chi connectivity index (χ4n) is 5.07. The lowest BCUT2D eigenvalue weighted by molar-refractivity contribution is -0.121. The number of nitrogens with one attached hydrogen (secondary N) is 1. The molecule has 8 nitrogen and oxygen atoms in total. The third-order valence-corrected chi connectivity index (χ3v) is 11.1. The Kier molecular flexibility index (Phi) is 9.05. The number of rotatable bonds is 10. The highest BCUT2D eigenvalue weighted by atomic mass is 32.2. The first-order chi connectivity index (χ1) is 17.7. The molecule has 10 heteroatoms. The van der Waals surface area contributed by atoms with Crippen molar-refractivity contribution in [1.82, 2.24) is 13.9 Å². The minimum Gasteiger partial charge on any atom is -0.355 e. The molecule has 202 valence electrons. The molecule has 1 saturated carbocycles. The van der Waals surface area contributed by atoms with Crippen LogP contribution in [-0.4, -0.2) is 63.6 Å². The van der Waals surface area contributed by atoms with Gasteiger partial charge in [-0.25, -0.2) is 16.8 Å². The molecule has 1 aliphatic carbocycles. The van der Waals surface area contributed by atoms with Crippen LogP contribution < -0.4 is 5.32 Å². The summed E-state index contributed by atoms with van der Waals surface area (Å²) in [5, 5.41) is 2.85. The molecular formula is C27H37N3O5S2. The summed E-state index contributed by atoms with van der Waals surface area (Å²) in [6.07, 6.45) is 6.80. The van der Waals surface area contributed by atoms with Crippen molar-refractivity contribution in [2.24, 2.45) is 0 Å². The lowest BCUT2D eigenvalue weighted by Crippen LogP contribution is -2.47. The maximum absolute atomic E-state index is 13.5. The first-order valence-corrected chi connectivity index (χ1v) is 16.0. The Hall–Kier alpha value is -2.27. The van der Waals surface area contributed by atoms with Gasteiger partial charge in [-0.3, -0.25) is 4.79 Å². The molecule has 0 radical (unpaired) electrons. The third-order valence-electron chi connectivity index (χ3n) is 7.27. The molecule has 0 spiro atoms. The second-order valence-electron chi connectivity index (χ2n) is 10.0. The van der Waals surface area contributed by atoms with Gasteiger partial charge in [-0.1, -0.05) is 49.1 Å². The Morgan fingerprint density at radius 2 is 1.46 bits per heavy atom. The quantitative estimate of drug-likeness (QED) is 0.491. The predicted molar refractivity (Wildman–Crippen MR) is 143 cm³/mol. The summed E-state index contributed by atoms with van der Waals surface area (Å²) in [7, 11) is -7.26. The summed E-state index contributed by atoms with van der Waals surface area (Å²) in [6.45, 7) is 3.15. The second-order valence-corrected chi connectivity index (χ2v) is 13.8. The smallest absolute Gasteiger partial charge is 0.243 e. The second kappa shape index (κ2) is 12.1. The average Bonchev–Trinajstić information content (AvgIpc) is 3.45. The molecule has 0 atom stereocenters. The van der Waals surface area contributed by atoms with E-state index in [2.05, 4.69) is 5.32 Å². The van der Waals surface area contributed by atoms with Gasteiger partial charge < -0.3 is 5.32 Å². The molecule has 4 rings (SSSR count). The molecular weight excluding hydrogens is 510 g/mol. The van der Waals surface area contributed by atoms with Crippen LogP contribution in [0.5, 0.6) is 0 Å². The van der Waals surface area contributed by atoms with Gasteiger partial charge in [0.05, 0.1) is 16.3 Å². The normalized spacial score (nSPS) is 17.8. The van der Waals surface area contributed by atoms with Crippen molar-refractivity contribution < 1.29 is 21.6 Å². The van der Waals surface area contributed by atoms with E-state index in [1.807, 2.05) is 6.92 Å². The molecule has 1 saturated heterocycles. The zero-order valence-electron chi connectivity index (χ0n) is 21.4. The van der Waals surface area contributed by atoms with E-state index in [-0.39, 0.29) is 28.3 Å². The summed E-state index contributed by atoms with van der Waals surface area (Å²) < 4.78 is 55.2. The highest BCUT2D eigenvalue weighted by Gasteiger charge is 2.34. The topological polar surface area (TPSA) is 104 Å². The van der Waals surface area contributed by atoms with Crippen LogP contribution in [0.15, 0.2) is 58.3 Å². The van der Waals surface area contributed by atoms with Crippen LogP contribution in [0.3, 0.4) is 0 Å². The van der Waals surface area contributed by atoms with Crippen LogP contribution in [0.25, 0.3) is 0 Å². The third kappa shape index (κ3) is 6.79. The van der Waals surface area contributed by atoms with Gasteiger partial charge in [-0.15, -0.1) is 0 Å². The predicted octanol–water partition coefficient (Wildman–Crippen LogP) is 3.46. The zero-order valence-corrected chi connectivity index (χ0v) is 23.1. The molecule has 2 aromatic rings. The summed E-state index contributed by atoms with van der Waals surface area (Å²) in [4.78, 5) is 13.3. The zero-order chi connectivity index (χ0) is 26.5. The van der Waals surface area contributed by atoms with E-state index in [4.69, 9.17) is 0 Å². The molecule has 0 unspecified atom stereocenters. The Labute approximate surface area is 221 Å². The molecule has 2 aromatic carbocycles. The lowest BCUT2D eigenvalue weighted by Gasteiger charge is -2.33. The van der Waals surface area contributed by atoms with E-state index in [0.29, 0.717) is 26.1 Å². The molecule has 2 aliphatic rings. The summed E-state index contributed by atoms with van der Waals surface area (Å²) in [5.41, 5.74) is 1.87. The number of carbonyl (C=O) groups excluding carboxylic acids is 1. The molecule has 1 amide bonds. The Bertz CT molecular complexity index is 1260. The molecule has 1 aliphatic heterocycles. The molecule has 37 heavy (non-hydrogen) atoms.